The lowest BCUT2D eigenvalue weighted by atomic mass is 9.47. The molecule has 5 aliphatic carbocycles. The molecular weight excluding hydrogens is 324 g/mol. The molecule has 0 N–H and O–H groups in total. The molecule has 5 rings (SSSR count). The molecule has 156 valence electrons. The minimum Gasteiger partial charge on any atom is -0.0654 e. The Morgan fingerprint density at radius 1 is 0.630 bits per heavy atom. The summed E-state index contributed by atoms with van der Waals surface area (Å²) < 4.78 is 0. The molecule has 5 fully saturated rings. The van der Waals surface area contributed by atoms with Gasteiger partial charge in [-0.2, -0.15) is 0 Å². The first-order valence-electron chi connectivity index (χ1n) is 13.2. The average molecular weight is 373 g/mol. The normalized spacial score (nSPS) is 45.1. The van der Waals surface area contributed by atoms with E-state index in [-0.39, 0.29) is 0 Å². The fourth-order valence-corrected chi connectivity index (χ4v) is 8.45. The van der Waals surface area contributed by atoms with Crippen LogP contribution in [-0.2, 0) is 0 Å². The van der Waals surface area contributed by atoms with E-state index in [1.165, 1.54) is 32.1 Å². The zero-order valence-electron chi connectivity index (χ0n) is 18.7. The Kier molecular flexibility index (Phi) is 6.60. The second-order valence-electron chi connectivity index (χ2n) is 11.6. The Labute approximate surface area is 170 Å². The number of unbranched alkanes of at least 4 members (excludes halogenated alkanes) is 1. The van der Waals surface area contributed by atoms with Gasteiger partial charge in [-0.1, -0.05) is 52.4 Å². The van der Waals surface area contributed by atoms with E-state index in [2.05, 4.69) is 13.8 Å². The van der Waals surface area contributed by atoms with E-state index in [1.807, 2.05) is 0 Å². The highest BCUT2D eigenvalue weighted by Gasteiger charge is 2.51. The molecule has 0 radical (unpaired) electrons. The molecule has 0 nitrogen and oxygen atoms in total. The van der Waals surface area contributed by atoms with Crippen LogP contribution >= 0.6 is 0 Å². The third kappa shape index (κ3) is 4.30. The maximum atomic E-state index is 2.41. The first-order valence-corrected chi connectivity index (χ1v) is 13.2. The molecule has 27 heavy (non-hydrogen) atoms. The van der Waals surface area contributed by atoms with E-state index >= 15 is 0 Å². The van der Waals surface area contributed by atoms with Crippen LogP contribution in [-0.4, -0.2) is 0 Å². The molecule has 0 unspecified atom stereocenters. The van der Waals surface area contributed by atoms with Crippen LogP contribution in [0.25, 0.3) is 0 Å². The minimum atomic E-state index is 0.796. The molecule has 0 aliphatic heterocycles. The molecule has 0 spiro atoms. The molecule has 5 aliphatic rings. The minimum absolute atomic E-state index is 0.796. The fraction of sp³-hybridized carbons (Fsp3) is 1.00. The Bertz CT molecular complexity index is 422. The van der Waals surface area contributed by atoms with Gasteiger partial charge in [0.05, 0.1) is 0 Å². The second-order valence-corrected chi connectivity index (χ2v) is 11.6. The molecule has 0 atom stereocenters. The van der Waals surface area contributed by atoms with Crippen LogP contribution in [0.2, 0.25) is 0 Å². The standard InChI is InChI=1S/C27H48/c1-3-5-6-22-7-9-23(10-8-22)24-11-13-25(14-12-24)27-19-16-26(15-4-2,17-20-27)18-21-27/h22-25H,3-21H2,1-2H3. The third-order valence-corrected chi connectivity index (χ3v) is 10.4. The SMILES string of the molecule is CCCCC1CCC(C2CCC(C34CCC(CCC)(CC3)CC4)CC2)CC1. The number of hydrogen-bond donors (Lipinski definition) is 0. The molecule has 0 heteroatoms. The molecule has 0 saturated heterocycles. The summed E-state index contributed by atoms with van der Waals surface area (Å²) in [6.07, 6.45) is 29.6. The maximum absolute atomic E-state index is 2.41. The summed E-state index contributed by atoms with van der Waals surface area (Å²) in [5.41, 5.74) is 1.60. The maximum Gasteiger partial charge on any atom is -0.0269 e. The zero-order chi connectivity index (χ0) is 18.7. The molecule has 0 aromatic carbocycles. The summed E-state index contributed by atoms with van der Waals surface area (Å²) in [6, 6.07) is 0. The van der Waals surface area contributed by atoms with Crippen LogP contribution in [0, 0.1) is 34.5 Å². The number of hydrogen-bond acceptors (Lipinski definition) is 0. The highest BCUT2D eigenvalue weighted by molar-refractivity contribution is 5.02. The van der Waals surface area contributed by atoms with Gasteiger partial charge in [0.2, 0.25) is 0 Å². The Hall–Kier alpha value is 0. The molecule has 0 heterocycles. The smallest absolute Gasteiger partial charge is 0.0269 e. The van der Waals surface area contributed by atoms with Crippen molar-refractivity contribution < 1.29 is 0 Å². The van der Waals surface area contributed by atoms with Crippen molar-refractivity contribution >= 4 is 0 Å². The van der Waals surface area contributed by atoms with Crippen LogP contribution in [0.4, 0.5) is 0 Å². The number of fused-ring (bicyclic) bond motifs is 3. The fourth-order valence-electron chi connectivity index (χ4n) is 8.45. The van der Waals surface area contributed by atoms with Crippen LogP contribution in [0.5, 0.6) is 0 Å². The zero-order valence-corrected chi connectivity index (χ0v) is 18.7. The highest BCUT2D eigenvalue weighted by Crippen LogP contribution is 2.63. The van der Waals surface area contributed by atoms with E-state index in [1.54, 1.807) is 89.9 Å². The third-order valence-electron chi connectivity index (χ3n) is 10.4. The van der Waals surface area contributed by atoms with E-state index in [9.17, 15) is 0 Å². The lowest BCUT2D eigenvalue weighted by Crippen LogP contribution is -2.46. The summed E-state index contributed by atoms with van der Waals surface area (Å²) in [7, 11) is 0. The van der Waals surface area contributed by atoms with E-state index < -0.39 is 0 Å². The van der Waals surface area contributed by atoms with Crippen LogP contribution in [0.1, 0.15) is 136 Å². The second kappa shape index (κ2) is 8.79. The Morgan fingerprint density at radius 2 is 1.19 bits per heavy atom. The van der Waals surface area contributed by atoms with Crippen LogP contribution < -0.4 is 0 Å². The Balaban J connectivity index is 1.23. The summed E-state index contributed by atoms with van der Waals surface area (Å²) in [5.74, 6) is 4.41. The van der Waals surface area contributed by atoms with Crippen LogP contribution in [0.15, 0.2) is 0 Å². The van der Waals surface area contributed by atoms with Gasteiger partial charge in [-0.15, -0.1) is 0 Å². The van der Waals surface area contributed by atoms with Crippen molar-refractivity contribution in [3.63, 3.8) is 0 Å². The lowest BCUT2D eigenvalue weighted by molar-refractivity contribution is -0.0674. The van der Waals surface area contributed by atoms with Crippen molar-refractivity contribution in [2.75, 3.05) is 0 Å². The van der Waals surface area contributed by atoms with Crippen molar-refractivity contribution in [1.29, 1.82) is 0 Å². The summed E-state index contributed by atoms with van der Waals surface area (Å²) in [5, 5.41) is 0. The van der Waals surface area contributed by atoms with Gasteiger partial charge in [0.15, 0.2) is 0 Å². The van der Waals surface area contributed by atoms with Crippen molar-refractivity contribution in [2.24, 2.45) is 34.5 Å². The molecule has 0 aromatic rings. The lowest BCUT2D eigenvalue weighted by Gasteiger charge is -2.58. The van der Waals surface area contributed by atoms with Gasteiger partial charge in [0.25, 0.3) is 0 Å². The predicted molar refractivity (Wildman–Crippen MR) is 118 cm³/mol. The van der Waals surface area contributed by atoms with Gasteiger partial charge in [0.1, 0.15) is 0 Å². The van der Waals surface area contributed by atoms with E-state index in [4.69, 9.17) is 0 Å². The van der Waals surface area contributed by atoms with E-state index in [0.29, 0.717) is 0 Å². The molecule has 2 bridgehead atoms. The predicted octanol–water partition coefficient (Wildman–Crippen LogP) is 8.93. The van der Waals surface area contributed by atoms with Gasteiger partial charge in [0, 0.05) is 0 Å². The van der Waals surface area contributed by atoms with Gasteiger partial charge in [-0.05, 0) is 118 Å². The monoisotopic (exact) mass is 372 g/mol. The largest absolute Gasteiger partial charge is 0.0654 e. The molecule has 0 aromatic heterocycles. The molecule has 0 amide bonds. The number of rotatable bonds is 7. The molecule has 5 saturated carbocycles. The van der Waals surface area contributed by atoms with Crippen molar-refractivity contribution in [2.45, 2.75) is 136 Å². The first-order chi connectivity index (χ1) is 13.2. The topological polar surface area (TPSA) is 0 Å². The Morgan fingerprint density at radius 3 is 1.70 bits per heavy atom. The molecular formula is C27H48. The summed E-state index contributed by atoms with van der Waals surface area (Å²) >= 11 is 0. The van der Waals surface area contributed by atoms with Gasteiger partial charge < -0.3 is 0 Å². The van der Waals surface area contributed by atoms with Crippen LogP contribution in [0.3, 0.4) is 0 Å². The van der Waals surface area contributed by atoms with Crippen molar-refractivity contribution in [3.8, 4) is 0 Å². The van der Waals surface area contributed by atoms with Gasteiger partial charge >= 0.3 is 0 Å². The summed E-state index contributed by atoms with van der Waals surface area (Å²) in [4.78, 5) is 0. The van der Waals surface area contributed by atoms with Gasteiger partial charge in [-0.3, -0.25) is 0 Å². The highest BCUT2D eigenvalue weighted by atomic mass is 14.6. The van der Waals surface area contributed by atoms with Gasteiger partial charge in [-0.25, -0.2) is 0 Å². The first kappa shape index (κ1) is 20.3. The van der Waals surface area contributed by atoms with Crippen molar-refractivity contribution in [1.82, 2.24) is 0 Å². The summed E-state index contributed by atoms with van der Waals surface area (Å²) in [6.45, 7) is 4.76. The quantitative estimate of drug-likeness (QED) is 0.418. The van der Waals surface area contributed by atoms with E-state index in [0.717, 1.165) is 34.5 Å². The average Bonchev–Trinajstić information content (AvgIpc) is 2.74. The van der Waals surface area contributed by atoms with Crippen molar-refractivity contribution in [3.05, 3.63) is 0 Å².